The lowest BCUT2D eigenvalue weighted by Gasteiger charge is -2.11. The SMILES string of the molecule is CC(C)Cn1c(CN)nnc1Sc1ccncc1. The third-order valence-electron chi connectivity index (χ3n) is 2.38. The Morgan fingerprint density at radius 1 is 1.28 bits per heavy atom. The first kappa shape index (κ1) is 13.0. The molecule has 2 heterocycles. The van der Waals surface area contributed by atoms with E-state index in [1.54, 1.807) is 24.2 Å². The number of hydrogen-bond donors (Lipinski definition) is 1. The van der Waals surface area contributed by atoms with E-state index in [0.717, 1.165) is 22.4 Å². The van der Waals surface area contributed by atoms with Crippen molar-refractivity contribution in [3.8, 4) is 0 Å². The van der Waals surface area contributed by atoms with Gasteiger partial charge in [-0.05, 0) is 29.8 Å². The van der Waals surface area contributed by atoms with Gasteiger partial charge in [0.05, 0.1) is 6.54 Å². The molecule has 0 bridgehead atoms. The maximum Gasteiger partial charge on any atom is 0.196 e. The summed E-state index contributed by atoms with van der Waals surface area (Å²) in [6.07, 6.45) is 3.55. The van der Waals surface area contributed by atoms with Crippen LogP contribution in [0.25, 0.3) is 0 Å². The number of nitrogens with two attached hydrogens (primary N) is 1. The van der Waals surface area contributed by atoms with Crippen LogP contribution < -0.4 is 5.73 Å². The van der Waals surface area contributed by atoms with Gasteiger partial charge in [-0.2, -0.15) is 0 Å². The molecule has 0 atom stereocenters. The van der Waals surface area contributed by atoms with Gasteiger partial charge in [-0.25, -0.2) is 0 Å². The third-order valence-corrected chi connectivity index (χ3v) is 3.38. The molecule has 0 unspecified atom stereocenters. The molecule has 0 amide bonds. The maximum atomic E-state index is 5.69. The van der Waals surface area contributed by atoms with Gasteiger partial charge < -0.3 is 10.3 Å². The van der Waals surface area contributed by atoms with Crippen molar-refractivity contribution in [2.45, 2.75) is 37.0 Å². The summed E-state index contributed by atoms with van der Waals surface area (Å²) in [5.41, 5.74) is 5.69. The molecule has 0 saturated heterocycles. The highest BCUT2D eigenvalue weighted by Crippen LogP contribution is 2.26. The Kier molecular flexibility index (Phi) is 4.33. The first-order valence-electron chi connectivity index (χ1n) is 5.90. The monoisotopic (exact) mass is 263 g/mol. The van der Waals surface area contributed by atoms with Crippen LogP contribution in [0.4, 0.5) is 0 Å². The molecular formula is C12H17N5S. The van der Waals surface area contributed by atoms with Crippen LogP contribution in [0.3, 0.4) is 0 Å². The van der Waals surface area contributed by atoms with E-state index in [1.165, 1.54) is 0 Å². The lowest BCUT2D eigenvalue weighted by molar-refractivity contribution is 0.480. The number of rotatable bonds is 5. The molecular weight excluding hydrogens is 246 g/mol. The first-order valence-corrected chi connectivity index (χ1v) is 6.72. The van der Waals surface area contributed by atoms with Crippen molar-refractivity contribution < 1.29 is 0 Å². The fourth-order valence-corrected chi connectivity index (χ4v) is 2.45. The second-order valence-corrected chi connectivity index (χ2v) is 5.43. The van der Waals surface area contributed by atoms with Crippen molar-refractivity contribution in [2.75, 3.05) is 0 Å². The van der Waals surface area contributed by atoms with Gasteiger partial charge in [0.25, 0.3) is 0 Å². The summed E-state index contributed by atoms with van der Waals surface area (Å²) >= 11 is 1.59. The predicted molar refractivity (Wildman–Crippen MR) is 71.1 cm³/mol. The van der Waals surface area contributed by atoms with Gasteiger partial charge in [-0.1, -0.05) is 13.8 Å². The van der Waals surface area contributed by atoms with E-state index in [4.69, 9.17) is 5.73 Å². The van der Waals surface area contributed by atoms with Crippen molar-refractivity contribution in [3.05, 3.63) is 30.4 Å². The van der Waals surface area contributed by atoms with Crippen LogP contribution in [0.2, 0.25) is 0 Å². The summed E-state index contributed by atoms with van der Waals surface area (Å²) < 4.78 is 2.09. The molecule has 0 aromatic carbocycles. The Balaban J connectivity index is 2.24. The van der Waals surface area contributed by atoms with Crippen molar-refractivity contribution in [3.63, 3.8) is 0 Å². The molecule has 0 radical (unpaired) electrons. The average molecular weight is 263 g/mol. The minimum Gasteiger partial charge on any atom is -0.324 e. The zero-order valence-corrected chi connectivity index (χ0v) is 11.4. The molecule has 0 aliphatic heterocycles. The van der Waals surface area contributed by atoms with Crippen LogP contribution in [-0.2, 0) is 13.1 Å². The number of aromatic nitrogens is 4. The fourth-order valence-electron chi connectivity index (χ4n) is 1.61. The summed E-state index contributed by atoms with van der Waals surface area (Å²) in [6.45, 7) is 5.63. The third kappa shape index (κ3) is 3.08. The molecule has 0 aliphatic rings. The van der Waals surface area contributed by atoms with E-state index in [0.29, 0.717) is 12.5 Å². The van der Waals surface area contributed by atoms with E-state index in [1.807, 2.05) is 12.1 Å². The molecule has 0 saturated carbocycles. The van der Waals surface area contributed by atoms with Gasteiger partial charge in [-0.3, -0.25) is 4.98 Å². The van der Waals surface area contributed by atoms with Crippen LogP contribution >= 0.6 is 11.8 Å². The lowest BCUT2D eigenvalue weighted by atomic mass is 10.2. The standard InChI is InChI=1S/C12H17N5S/c1-9(2)8-17-11(7-13)15-16-12(17)18-10-3-5-14-6-4-10/h3-6,9H,7-8,13H2,1-2H3. The van der Waals surface area contributed by atoms with Crippen LogP contribution in [0.1, 0.15) is 19.7 Å². The lowest BCUT2D eigenvalue weighted by Crippen LogP contribution is -2.12. The van der Waals surface area contributed by atoms with E-state index in [2.05, 4.69) is 33.6 Å². The van der Waals surface area contributed by atoms with Gasteiger partial charge in [0, 0.05) is 23.8 Å². The molecule has 0 aliphatic carbocycles. The fraction of sp³-hybridized carbons (Fsp3) is 0.417. The van der Waals surface area contributed by atoms with E-state index in [-0.39, 0.29) is 0 Å². The molecule has 96 valence electrons. The molecule has 18 heavy (non-hydrogen) atoms. The number of hydrogen-bond acceptors (Lipinski definition) is 5. The maximum absolute atomic E-state index is 5.69. The van der Waals surface area contributed by atoms with E-state index >= 15 is 0 Å². The summed E-state index contributed by atoms with van der Waals surface area (Å²) in [5, 5.41) is 9.23. The summed E-state index contributed by atoms with van der Waals surface area (Å²) in [7, 11) is 0. The van der Waals surface area contributed by atoms with Crippen molar-refractivity contribution in [2.24, 2.45) is 11.7 Å². The number of pyridine rings is 1. The Morgan fingerprint density at radius 3 is 2.61 bits per heavy atom. The zero-order valence-electron chi connectivity index (χ0n) is 10.6. The first-order chi connectivity index (χ1) is 8.70. The molecule has 2 N–H and O–H groups in total. The molecule has 0 spiro atoms. The van der Waals surface area contributed by atoms with E-state index < -0.39 is 0 Å². The highest BCUT2D eigenvalue weighted by atomic mass is 32.2. The molecule has 0 fully saturated rings. The van der Waals surface area contributed by atoms with Crippen LogP contribution in [0, 0.1) is 5.92 Å². The van der Waals surface area contributed by atoms with Crippen LogP contribution in [0.5, 0.6) is 0 Å². The molecule has 2 aromatic heterocycles. The largest absolute Gasteiger partial charge is 0.324 e. The van der Waals surface area contributed by atoms with Crippen LogP contribution in [-0.4, -0.2) is 19.7 Å². The zero-order chi connectivity index (χ0) is 13.0. The van der Waals surface area contributed by atoms with Gasteiger partial charge in [-0.15, -0.1) is 10.2 Å². The predicted octanol–water partition coefficient (Wildman–Crippen LogP) is 1.94. The van der Waals surface area contributed by atoms with Gasteiger partial charge in [0.2, 0.25) is 0 Å². The van der Waals surface area contributed by atoms with Gasteiger partial charge in [0.1, 0.15) is 5.82 Å². The minimum atomic E-state index is 0.413. The highest BCUT2D eigenvalue weighted by Gasteiger charge is 2.13. The van der Waals surface area contributed by atoms with Gasteiger partial charge in [0.15, 0.2) is 5.16 Å². The summed E-state index contributed by atoms with van der Waals surface area (Å²) in [4.78, 5) is 5.11. The molecule has 2 aromatic rings. The summed E-state index contributed by atoms with van der Waals surface area (Å²) in [6, 6.07) is 3.92. The number of nitrogens with zero attached hydrogens (tertiary/aromatic N) is 4. The quantitative estimate of drug-likeness (QED) is 0.892. The second-order valence-electron chi connectivity index (χ2n) is 4.39. The van der Waals surface area contributed by atoms with E-state index in [9.17, 15) is 0 Å². The Bertz CT molecular complexity index is 494. The smallest absolute Gasteiger partial charge is 0.196 e. The normalized spacial score (nSPS) is 11.1. The molecule has 5 nitrogen and oxygen atoms in total. The second kappa shape index (κ2) is 5.97. The average Bonchev–Trinajstić information content (AvgIpc) is 2.72. The molecule has 2 rings (SSSR count). The Morgan fingerprint density at radius 2 is 2.00 bits per heavy atom. The van der Waals surface area contributed by atoms with Crippen molar-refractivity contribution in [1.29, 1.82) is 0 Å². The Hall–Kier alpha value is -1.40. The van der Waals surface area contributed by atoms with Crippen LogP contribution in [0.15, 0.2) is 34.6 Å². The van der Waals surface area contributed by atoms with Crippen molar-refractivity contribution >= 4 is 11.8 Å². The summed E-state index contributed by atoms with van der Waals surface area (Å²) in [5.74, 6) is 1.36. The Labute approximate surface area is 111 Å². The minimum absolute atomic E-state index is 0.413. The van der Waals surface area contributed by atoms with Gasteiger partial charge >= 0.3 is 0 Å². The topological polar surface area (TPSA) is 69.6 Å². The highest BCUT2D eigenvalue weighted by molar-refractivity contribution is 7.99. The molecule has 6 heteroatoms. The van der Waals surface area contributed by atoms with Crippen molar-refractivity contribution in [1.82, 2.24) is 19.7 Å².